The lowest BCUT2D eigenvalue weighted by atomic mass is 10.1. The molecule has 1 aliphatic rings. The van der Waals surface area contributed by atoms with Crippen molar-refractivity contribution in [3.05, 3.63) is 29.8 Å². The average Bonchev–Trinajstić information content (AvgIpc) is 2.22. The molecule has 0 amide bonds. The quantitative estimate of drug-likeness (QED) is 0.856. The molecular weight excluding hydrogens is 224 g/mol. The number of carboxylic acid groups (broad SMARTS) is 1. The van der Waals surface area contributed by atoms with Crippen molar-refractivity contribution in [2.75, 3.05) is 18.1 Å². The highest BCUT2D eigenvalue weighted by atomic mass is 32.2. The SMILES string of the molecule is O=C(O)c1ccccc1OCCC1CSC1. The molecule has 0 saturated carbocycles. The number of benzene rings is 1. The van der Waals surface area contributed by atoms with E-state index in [2.05, 4.69) is 0 Å². The zero-order valence-electron chi connectivity index (χ0n) is 8.89. The van der Waals surface area contributed by atoms with Gasteiger partial charge in [-0.3, -0.25) is 0 Å². The van der Waals surface area contributed by atoms with Crippen LogP contribution in [0.3, 0.4) is 0 Å². The van der Waals surface area contributed by atoms with Gasteiger partial charge in [-0.2, -0.15) is 11.8 Å². The Balaban J connectivity index is 1.89. The van der Waals surface area contributed by atoms with E-state index in [1.165, 1.54) is 11.5 Å². The van der Waals surface area contributed by atoms with Crippen molar-refractivity contribution >= 4 is 17.7 Å². The predicted molar refractivity (Wildman–Crippen MR) is 64.3 cm³/mol. The number of carbonyl (C=O) groups is 1. The first-order valence-electron chi connectivity index (χ1n) is 5.30. The Labute approximate surface area is 98.8 Å². The Morgan fingerprint density at radius 1 is 1.44 bits per heavy atom. The molecular formula is C12H14O3S. The predicted octanol–water partition coefficient (Wildman–Crippen LogP) is 2.52. The summed E-state index contributed by atoms with van der Waals surface area (Å²) in [4.78, 5) is 10.9. The van der Waals surface area contributed by atoms with E-state index in [9.17, 15) is 4.79 Å². The smallest absolute Gasteiger partial charge is 0.339 e. The Bertz CT molecular complexity index is 374. The first-order valence-corrected chi connectivity index (χ1v) is 6.45. The van der Waals surface area contributed by atoms with Crippen LogP contribution in [0.4, 0.5) is 0 Å². The molecule has 0 unspecified atom stereocenters. The Morgan fingerprint density at radius 2 is 2.19 bits per heavy atom. The number of aromatic carboxylic acids is 1. The number of para-hydroxylation sites is 1. The molecule has 3 nitrogen and oxygen atoms in total. The van der Waals surface area contributed by atoms with Crippen molar-refractivity contribution < 1.29 is 14.6 Å². The van der Waals surface area contributed by atoms with Crippen LogP contribution in [0.25, 0.3) is 0 Å². The molecule has 4 heteroatoms. The highest BCUT2D eigenvalue weighted by molar-refractivity contribution is 8.00. The van der Waals surface area contributed by atoms with Crippen LogP contribution < -0.4 is 4.74 Å². The third-order valence-electron chi connectivity index (χ3n) is 2.61. The van der Waals surface area contributed by atoms with Gasteiger partial charge in [-0.15, -0.1) is 0 Å². The minimum Gasteiger partial charge on any atom is -0.493 e. The number of ether oxygens (including phenoxy) is 1. The first-order chi connectivity index (χ1) is 7.77. The maximum atomic E-state index is 10.9. The van der Waals surface area contributed by atoms with Crippen LogP contribution in [0, 0.1) is 5.92 Å². The molecule has 1 saturated heterocycles. The van der Waals surface area contributed by atoms with Crippen molar-refractivity contribution in [2.45, 2.75) is 6.42 Å². The van der Waals surface area contributed by atoms with Crippen LogP contribution >= 0.6 is 11.8 Å². The largest absolute Gasteiger partial charge is 0.493 e. The van der Waals surface area contributed by atoms with E-state index in [1.54, 1.807) is 24.3 Å². The normalized spacial score (nSPS) is 15.5. The molecule has 0 bridgehead atoms. The first kappa shape index (κ1) is 11.3. The Morgan fingerprint density at radius 3 is 2.81 bits per heavy atom. The van der Waals surface area contributed by atoms with Gasteiger partial charge in [0.15, 0.2) is 0 Å². The van der Waals surface area contributed by atoms with Crippen molar-refractivity contribution in [2.24, 2.45) is 5.92 Å². The summed E-state index contributed by atoms with van der Waals surface area (Å²) in [5.41, 5.74) is 0.241. The molecule has 0 aliphatic carbocycles. The Hall–Kier alpha value is -1.16. The highest BCUT2D eigenvalue weighted by Crippen LogP contribution is 2.27. The van der Waals surface area contributed by atoms with Crippen LogP contribution in [0.5, 0.6) is 5.75 Å². The van der Waals surface area contributed by atoms with Crippen LogP contribution in [-0.4, -0.2) is 29.2 Å². The van der Waals surface area contributed by atoms with Gasteiger partial charge in [0.1, 0.15) is 11.3 Å². The summed E-state index contributed by atoms with van der Waals surface area (Å²) >= 11 is 1.95. The monoisotopic (exact) mass is 238 g/mol. The summed E-state index contributed by atoms with van der Waals surface area (Å²) < 4.78 is 5.51. The third-order valence-corrected chi connectivity index (χ3v) is 4.02. The standard InChI is InChI=1S/C12H14O3S/c13-12(14)10-3-1-2-4-11(10)15-6-5-9-7-16-8-9/h1-4,9H,5-8H2,(H,13,14). The second-order valence-electron chi connectivity index (χ2n) is 3.84. The van der Waals surface area contributed by atoms with Crippen LogP contribution in [0.1, 0.15) is 16.8 Å². The lowest BCUT2D eigenvalue weighted by molar-refractivity contribution is 0.0692. The van der Waals surface area contributed by atoms with Crippen molar-refractivity contribution in [3.8, 4) is 5.75 Å². The van der Waals surface area contributed by atoms with Gasteiger partial charge in [0.05, 0.1) is 6.61 Å². The lowest BCUT2D eigenvalue weighted by Gasteiger charge is -2.24. The van der Waals surface area contributed by atoms with Gasteiger partial charge < -0.3 is 9.84 Å². The molecule has 0 radical (unpaired) electrons. The van der Waals surface area contributed by atoms with E-state index in [0.717, 1.165) is 12.3 Å². The number of hydrogen-bond acceptors (Lipinski definition) is 3. The van der Waals surface area contributed by atoms with Crippen LogP contribution in [-0.2, 0) is 0 Å². The van der Waals surface area contributed by atoms with Gasteiger partial charge in [0.25, 0.3) is 0 Å². The molecule has 1 aromatic carbocycles. The molecule has 0 spiro atoms. The van der Waals surface area contributed by atoms with Crippen molar-refractivity contribution in [1.82, 2.24) is 0 Å². The molecule has 2 rings (SSSR count). The Kier molecular flexibility index (Phi) is 3.72. The van der Waals surface area contributed by atoms with Gasteiger partial charge in [0.2, 0.25) is 0 Å². The van der Waals surface area contributed by atoms with Crippen LogP contribution in [0.2, 0.25) is 0 Å². The van der Waals surface area contributed by atoms with E-state index >= 15 is 0 Å². The maximum Gasteiger partial charge on any atom is 0.339 e. The third kappa shape index (κ3) is 2.70. The number of carboxylic acids is 1. The second-order valence-corrected chi connectivity index (χ2v) is 4.92. The second kappa shape index (κ2) is 5.25. The number of hydrogen-bond donors (Lipinski definition) is 1. The summed E-state index contributed by atoms with van der Waals surface area (Å²) in [6, 6.07) is 6.77. The van der Waals surface area contributed by atoms with E-state index in [-0.39, 0.29) is 5.56 Å². The van der Waals surface area contributed by atoms with Gasteiger partial charge >= 0.3 is 5.97 Å². The van der Waals surface area contributed by atoms with Gasteiger partial charge in [-0.05, 0) is 36.0 Å². The highest BCUT2D eigenvalue weighted by Gasteiger charge is 2.18. The van der Waals surface area contributed by atoms with E-state index < -0.39 is 5.97 Å². The minimum absolute atomic E-state index is 0.241. The summed E-state index contributed by atoms with van der Waals surface area (Å²) in [7, 11) is 0. The van der Waals surface area contributed by atoms with E-state index in [4.69, 9.17) is 9.84 Å². The fourth-order valence-electron chi connectivity index (χ4n) is 1.56. The number of rotatable bonds is 5. The van der Waals surface area contributed by atoms with E-state index in [0.29, 0.717) is 12.4 Å². The average molecular weight is 238 g/mol. The molecule has 16 heavy (non-hydrogen) atoms. The lowest BCUT2D eigenvalue weighted by Crippen LogP contribution is -2.20. The van der Waals surface area contributed by atoms with Crippen LogP contribution in [0.15, 0.2) is 24.3 Å². The fraction of sp³-hybridized carbons (Fsp3) is 0.417. The fourth-order valence-corrected chi connectivity index (χ4v) is 2.46. The summed E-state index contributed by atoms with van der Waals surface area (Å²) in [5.74, 6) is 2.72. The van der Waals surface area contributed by atoms with Gasteiger partial charge in [-0.25, -0.2) is 4.79 Å². The maximum absolute atomic E-state index is 10.9. The summed E-state index contributed by atoms with van der Waals surface area (Å²) in [5, 5.41) is 8.95. The van der Waals surface area contributed by atoms with Crippen molar-refractivity contribution in [3.63, 3.8) is 0 Å². The molecule has 1 aliphatic heterocycles. The molecule has 1 fully saturated rings. The van der Waals surface area contributed by atoms with E-state index in [1.807, 2.05) is 11.8 Å². The topological polar surface area (TPSA) is 46.5 Å². The molecule has 1 aromatic rings. The molecule has 86 valence electrons. The minimum atomic E-state index is -0.935. The van der Waals surface area contributed by atoms with Crippen molar-refractivity contribution in [1.29, 1.82) is 0 Å². The van der Waals surface area contributed by atoms with Gasteiger partial charge in [0, 0.05) is 0 Å². The zero-order valence-corrected chi connectivity index (χ0v) is 9.70. The molecule has 0 aromatic heterocycles. The van der Waals surface area contributed by atoms with Gasteiger partial charge in [-0.1, -0.05) is 12.1 Å². The molecule has 0 atom stereocenters. The zero-order chi connectivity index (χ0) is 11.4. The molecule has 1 N–H and O–H groups in total. The summed E-state index contributed by atoms with van der Waals surface area (Å²) in [6.07, 6.45) is 1.01. The number of thioether (sulfide) groups is 1. The summed E-state index contributed by atoms with van der Waals surface area (Å²) in [6.45, 7) is 0.607. The molecule has 1 heterocycles.